The molecule has 2 N–H and O–H groups in total. The zero-order chi connectivity index (χ0) is 8.36. The topological polar surface area (TPSA) is 26.0 Å². The Morgan fingerprint density at radius 3 is 1.80 bits per heavy atom. The van der Waals surface area contributed by atoms with Crippen molar-refractivity contribution in [2.45, 2.75) is 26.2 Å². The van der Waals surface area contributed by atoms with Crippen LogP contribution in [0.1, 0.15) is 20.3 Å². The molecule has 0 radical (unpaired) electrons. The summed E-state index contributed by atoms with van der Waals surface area (Å²) in [6, 6.07) is 0. The van der Waals surface area contributed by atoms with E-state index in [2.05, 4.69) is 0 Å². The fourth-order valence-corrected chi connectivity index (χ4v) is 0.699. The summed E-state index contributed by atoms with van der Waals surface area (Å²) in [5, 5.41) is 0. The van der Waals surface area contributed by atoms with Gasteiger partial charge in [-0.25, -0.2) is 0 Å². The van der Waals surface area contributed by atoms with Gasteiger partial charge < -0.3 is 18.7 Å². The molecule has 0 aromatic carbocycles. The minimum atomic E-state index is -4.82. The van der Waals surface area contributed by atoms with E-state index >= 15 is 0 Å². The first-order valence-electron chi connectivity index (χ1n) is 3.29. The second kappa shape index (κ2) is 3.28. The summed E-state index contributed by atoms with van der Waals surface area (Å²) in [4.78, 5) is 0. The minimum absolute atomic E-state index is 0.0125. The van der Waals surface area contributed by atoms with Gasteiger partial charge >= 0.3 is 6.98 Å². The van der Waals surface area contributed by atoms with Crippen molar-refractivity contribution in [1.82, 2.24) is 0 Å². The molecular weight excluding hydrogens is 141 g/mol. The summed E-state index contributed by atoms with van der Waals surface area (Å²) in [6.07, 6.45) is 0.0312. The van der Waals surface area contributed by atoms with Gasteiger partial charge in [-0.15, -0.1) is 0 Å². The Hall–Kier alpha value is -0.185. The zero-order valence-electron chi connectivity index (χ0n) is 6.15. The quantitative estimate of drug-likeness (QED) is 0.614. The molecule has 0 aromatic rings. The van der Waals surface area contributed by atoms with Gasteiger partial charge in [-0.1, -0.05) is 20.3 Å². The smallest absolute Gasteiger partial charge is 0.448 e. The van der Waals surface area contributed by atoms with Gasteiger partial charge in [0.2, 0.25) is 0 Å². The summed E-state index contributed by atoms with van der Waals surface area (Å²) in [7, 11) is 0. The lowest BCUT2D eigenvalue weighted by Crippen LogP contribution is -2.43. The zero-order valence-corrected chi connectivity index (χ0v) is 6.15. The summed E-state index contributed by atoms with van der Waals surface area (Å²) in [5.74, 6) is -1.58. The summed E-state index contributed by atoms with van der Waals surface area (Å²) in [5.41, 5.74) is 4.85. The maximum absolute atomic E-state index is 11.7. The molecule has 10 heavy (non-hydrogen) atoms. The monoisotopic (exact) mass is 153 g/mol. The Balaban J connectivity index is 3.73. The van der Waals surface area contributed by atoms with Crippen LogP contribution in [0.3, 0.4) is 0 Å². The normalized spacial score (nSPS) is 15.9. The van der Waals surface area contributed by atoms with Gasteiger partial charge in [-0.05, 0) is 11.9 Å². The maximum Gasteiger partial charge on any atom is 0.494 e. The number of halogens is 3. The molecule has 0 heterocycles. The molecule has 0 aliphatic rings. The molecule has 1 nitrogen and oxygen atoms in total. The first-order valence-corrected chi connectivity index (χ1v) is 3.29. The van der Waals surface area contributed by atoms with Crippen molar-refractivity contribution < 1.29 is 12.9 Å². The Labute approximate surface area is 58.8 Å². The number of hydrogen-bond acceptors (Lipinski definition) is 1. The van der Waals surface area contributed by atoms with E-state index in [1.54, 1.807) is 13.8 Å². The number of hydrogen-bond donors (Lipinski definition) is 1. The number of rotatable bonds is 3. The van der Waals surface area contributed by atoms with E-state index in [1.165, 1.54) is 0 Å². The standard InChI is InChI=1S/C5H12BF3N/c1-4(2)3-5(10)6(7,8)9/h4-5H,3,10H2,1-2H3/q-1/t5-/m0/s1/i7-1. The number of nitrogens with two attached hydrogens (primary N) is 1. The van der Waals surface area contributed by atoms with E-state index in [9.17, 15) is 12.9 Å². The Kier molecular flexibility index (Phi) is 3.22. The average Bonchev–Trinajstić information content (AvgIpc) is 1.60. The van der Waals surface area contributed by atoms with Crippen LogP contribution in [0, 0.1) is 5.92 Å². The van der Waals surface area contributed by atoms with Crippen LogP contribution in [0.2, 0.25) is 0 Å². The predicted molar refractivity (Wildman–Crippen MR) is 36.5 cm³/mol. The van der Waals surface area contributed by atoms with E-state index in [1.807, 2.05) is 0 Å². The molecule has 0 fully saturated rings. The highest BCUT2D eigenvalue weighted by Gasteiger charge is 2.31. The SMILES string of the molecule is CC(C)C[C@H](N)[B-](F)(F)[18F]. The van der Waals surface area contributed by atoms with Crippen LogP contribution in [0.5, 0.6) is 0 Å². The van der Waals surface area contributed by atoms with Gasteiger partial charge in [0.25, 0.3) is 0 Å². The van der Waals surface area contributed by atoms with Crippen molar-refractivity contribution in [3.63, 3.8) is 0 Å². The lowest BCUT2D eigenvalue weighted by atomic mass is 9.75. The molecule has 0 spiro atoms. The first-order chi connectivity index (χ1) is 4.34. The van der Waals surface area contributed by atoms with Gasteiger partial charge in [0, 0.05) is 0 Å². The minimum Gasteiger partial charge on any atom is -0.448 e. The Morgan fingerprint density at radius 2 is 1.70 bits per heavy atom. The molecule has 0 aromatic heterocycles. The molecule has 1 atom stereocenters. The lowest BCUT2D eigenvalue weighted by Gasteiger charge is -2.23. The fraction of sp³-hybridized carbons (Fsp3) is 1.00. The lowest BCUT2D eigenvalue weighted by molar-refractivity contribution is 0.407. The molecule has 0 saturated heterocycles. The van der Waals surface area contributed by atoms with Gasteiger partial charge in [0.1, 0.15) is 0 Å². The maximum atomic E-state index is 11.7. The van der Waals surface area contributed by atoms with Crippen LogP contribution in [0.4, 0.5) is 12.9 Å². The van der Waals surface area contributed by atoms with Crippen molar-refractivity contribution >= 4 is 6.98 Å². The van der Waals surface area contributed by atoms with Gasteiger partial charge in [-0.3, -0.25) is 0 Å². The van der Waals surface area contributed by atoms with Gasteiger partial charge in [0.15, 0.2) is 0 Å². The average molecular weight is 153 g/mol. The molecule has 0 saturated carbocycles. The third-order valence-electron chi connectivity index (χ3n) is 1.23. The fourth-order valence-electron chi connectivity index (χ4n) is 0.699. The Bertz CT molecular complexity index is 102. The van der Waals surface area contributed by atoms with Gasteiger partial charge in [-0.2, -0.15) is 0 Å². The van der Waals surface area contributed by atoms with Crippen LogP contribution in [-0.2, 0) is 0 Å². The molecular formula is C5H12BF3N-. The van der Waals surface area contributed by atoms with Crippen molar-refractivity contribution in [3.8, 4) is 0 Å². The molecule has 0 unspecified atom stereocenters. The van der Waals surface area contributed by atoms with E-state index in [0.717, 1.165) is 0 Å². The predicted octanol–water partition coefficient (Wildman–Crippen LogP) is 1.75. The van der Waals surface area contributed by atoms with Crippen LogP contribution in [0.15, 0.2) is 0 Å². The largest absolute Gasteiger partial charge is 0.494 e. The highest BCUT2D eigenvalue weighted by atomic mass is 19.3. The van der Waals surface area contributed by atoms with E-state index in [0.29, 0.717) is 0 Å². The van der Waals surface area contributed by atoms with Crippen molar-refractivity contribution in [3.05, 3.63) is 0 Å². The molecule has 0 aliphatic heterocycles. The first kappa shape index (κ1) is 9.81. The summed E-state index contributed by atoms with van der Waals surface area (Å²) >= 11 is 0. The molecule has 5 heteroatoms. The molecule has 0 rings (SSSR count). The summed E-state index contributed by atoms with van der Waals surface area (Å²) in [6.45, 7) is -1.38. The second-order valence-electron chi connectivity index (χ2n) is 2.92. The second-order valence-corrected chi connectivity index (χ2v) is 2.92. The van der Waals surface area contributed by atoms with Crippen molar-refractivity contribution in [2.75, 3.05) is 0 Å². The van der Waals surface area contributed by atoms with Crippen molar-refractivity contribution in [1.29, 1.82) is 0 Å². The molecule has 62 valence electrons. The van der Waals surface area contributed by atoms with Crippen LogP contribution in [0.25, 0.3) is 0 Å². The summed E-state index contributed by atoms with van der Waals surface area (Å²) < 4.78 is 35.2. The van der Waals surface area contributed by atoms with Crippen LogP contribution < -0.4 is 5.73 Å². The van der Waals surface area contributed by atoms with E-state index < -0.39 is 12.9 Å². The molecule has 0 amide bonds. The van der Waals surface area contributed by atoms with Crippen LogP contribution in [-0.4, -0.2) is 12.9 Å². The highest BCUT2D eigenvalue weighted by Crippen LogP contribution is 2.17. The van der Waals surface area contributed by atoms with Crippen LogP contribution >= 0.6 is 0 Å². The van der Waals surface area contributed by atoms with E-state index in [-0.39, 0.29) is 12.3 Å². The molecule has 0 bridgehead atoms. The van der Waals surface area contributed by atoms with E-state index in [4.69, 9.17) is 5.73 Å². The third-order valence-corrected chi connectivity index (χ3v) is 1.23. The highest BCUT2D eigenvalue weighted by molar-refractivity contribution is 6.60. The molecule has 0 aliphatic carbocycles. The third kappa shape index (κ3) is 3.77. The van der Waals surface area contributed by atoms with Gasteiger partial charge in [0.05, 0.1) is 0 Å². The Morgan fingerprint density at radius 1 is 1.30 bits per heavy atom. The van der Waals surface area contributed by atoms with Crippen molar-refractivity contribution in [2.24, 2.45) is 11.7 Å².